The van der Waals surface area contributed by atoms with Crippen LogP contribution < -0.4 is 0 Å². The molecule has 0 amide bonds. The summed E-state index contributed by atoms with van der Waals surface area (Å²) in [6, 6.07) is 2.73. The molecule has 0 aromatic carbocycles. The van der Waals surface area contributed by atoms with Gasteiger partial charge < -0.3 is 8.85 Å². The summed E-state index contributed by atoms with van der Waals surface area (Å²) < 4.78 is 12.9. The standard InChI is InChI=1S/C27H60O2Si2/c1-5-9-13-15-17-22-26(20-11-7-3)28-30-24-19-25-31-29-27(21-12-8-4)23-18-16-14-10-6-2/h26-27H,5-25,30-31H2,1-4H3. The van der Waals surface area contributed by atoms with Crippen LogP contribution in [0, 0.1) is 0 Å². The molecule has 0 spiro atoms. The molecule has 0 aromatic rings. The maximum absolute atomic E-state index is 6.43. The van der Waals surface area contributed by atoms with Crippen LogP contribution in [0.5, 0.6) is 0 Å². The van der Waals surface area contributed by atoms with Crippen LogP contribution in [-0.2, 0) is 8.85 Å². The summed E-state index contributed by atoms with van der Waals surface area (Å²) >= 11 is 0. The van der Waals surface area contributed by atoms with Gasteiger partial charge in [-0.3, -0.25) is 0 Å². The fourth-order valence-corrected chi connectivity index (χ4v) is 7.81. The Morgan fingerprint density at radius 1 is 0.419 bits per heavy atom. The van der Waals surface area contributed by atoms with Crippen LogP contribution in [0.4, 0.5) is 0 Å². The van der Waals surface area contributed by atoms with Gasteiger partial charge in [0.25, 0.3) is 0 Å². The lowest BCUT2D eigenvalue weighted by molar-refractivity contribution is 0.180. The summed E-state index contributed by atoms with van der Waals surface area (Å²) in [5.74, 6) is 0. The molecule has 4 heteroatoms. The van der Waals surface area contributed by atoms with E-state index in [2.05, 4.69) is 27.7 Å². The van der Waals surface area contributed by atoms with Crippen molar-refractivity contribution in [3.05, 3.63) is 0 Å². The molecule has 0 aliphatic carbocycles. The predicted molar refractivity (Wildman–Crippen MR) is 147 cm³/mol. The fourth-order valence-electron chi connectivity index (χ4n) is 4.32. The molecule has 0 aliphatic heterocycles. The number of rotatable bonds is 26. The highest BCUT2D eigenvalue weighted by Gasteiger charge is 2.10. The van der Waals surface area contributed by atoms with Gasteiger partial charge in [0.05, 0.1) is 0 Å². The van der Waals surface area contributed by atoms with Crippen LogP contribution >= 0.6 is 0 Å². The molecule has 0 heterocycles. The second-order valence-electron chi connectivity index (χ2n) is 9.74. The zero-order valence-corrected chi connectivity index (χ0v) is 25.1. The van der Waals surface area contributed by atoms with Crippen LogP contribution in [0.25, 0.3) is 0 Å². The molecule has 0 saturated carbocycles. The minimum Gasteiger partial charge on any atom is -0.421 e. The summed E-state index contributed by atoms with van der Waals surface area (Å²) in [5, 5.41) is 0. The molecule has 2 atom stereocenters. The van der Waals surface area contributed by atoms with Crippen molar-refractivity contribution in [3.8, 4) is 0 Å². The second kappa shape index (κ2) is 26.6. The van der Waals surface area contributed by atoms with E-state index in [1.807, 2.05) is 0 Å². The molecule has 0 rings (SSSR count). The van der Waals surface area contributed by atoms with Crippen molar-refractivity contribution in [2.75, 3.05) is 0 Å². The van der Waals surface area contributed by atoms with Gasteiger partial charge in [0.1, 0.15) is 0 Å². The molecule has 0 N–H and O–H groups in total. The van der Waals surface area contributed by atoms with E-state index in [0.717, 1.165) is 0 Å². The summed E-state index contributed by atoms with van der Waals surface area (Å²) in [5.41, 5.74) is 0. The van der Waals surface area contributed by atoms with Crippen LogP contribution in [-0.4, -0.2) is 31.7 Å². The molecule has 31 heavy (non-hydrogen) atoms. The highest BCUT2D eigenvalue weighted by Crippen LogP contribution is 2.16. The molecular weight excluding hydrogens is 412 g/mol. The largest absolute Gasteiger partial charge is 0.421 e. The maximum atomic E-state index is 6.43. The van der Waals surface area contributed by atoms with Gasteiger partial charge in [0.15, 0.2) is 19.5 Å². The normalized spacial score (nSPS) is 14.3. The minimum atomic E-state index is -0.324. The lowest BCUT2D eigenvalue weighted by Gasteiger charge is -2.19. The zero-order chi connectivity index (χ0) is 22.8. The fraction of sp³-hybridized carbons (Fsp3) is 1.00. The van der Waals surface area contributed by atoms with Crippen LogP contribution in [0.1, 0.15) is 150 Å². The molecule has 0 saturated heterocycles. The Morgan fingerprint density at radius 3 is 1.16 bits per heavy atom. The van der Waals surface area contributed by atoms with E-state index in [-0.39, 0.29) is 19.5 Å². The van der Waals surface area contributed by atoms with E-state index in [1.165, 1.54) is 134 Å². The molecule has 0 aliphatic rings. The van der Waals surface area contributed by atoms with Crippen molar-refractivity contribution in [2.24, 2.45) is 0 Å². The van der Waals surface area contributed by atoms with E-state index >= 15 is 0 Å². The first-order valence-electron chi connectivity index (χ1n) is 14.5. The first kappa shape index (κ1) is 31.4. The molecule has 0 radical (unpaired) electrons. The average molecular weight is 473 g/mol. The van der Waals surface area contributed by atoms with Gasteiger partial charge in [-0.05, 0) is 37.8 Å². The van der Waals surface area contributed by atoms with Gasteiger partial charge in [0.2, 0.25) is 0 Å². The van der Waals surface area contributed by atoms with Crippen LogP contribution in [0.2, 0.25) is 12.1 Å². The van der Waals surface area contributed by atoms with E-state index < -0.39 is 0 Å². The molecule has 2 unspecified atom stereocenters. The Hall–Kier alpha value is 0.354. The first-order chi connectivity index (χ1) is 15.3. The SMILES string of the molecule is CCCCCCCC(CCCC)O[SiH2]CCC[SiH2]OC(CCCC)CCCCCCC. The first-order valence-corrected chi connectivity index (χ1v) is 17.7. The Bertz CT molecular complexity index is 298. The number of hydrogen-bond donors (Lipinski definition) is 0. The van der Waals surface area contributed by atoms with Crippen LogP contribution in [0.3, 0.4) is 0 Å². The van der Waals surface area contributed by atoms with Crippen LogP contribution in [0.15, 0.2) is 0 Å². The molecule has 188 valence electrons. The lowest BCUT2D eigenvalue weighted by atomic mass is 10.0. The quantitative estimate of drug-likeness (QED) is 0.0931. The maximum Gasteiger partial charge on any atom is 0.161 e. The average Bonchev–Trinajstić information content (AvgIpc) is 2.78. The molecule has 0 aromatic heterocycles. The number of unbranched alkanes of at least 4 members (excludes halogenated alkanes) is 10. The Balaban J connectivity index is 3.83. The van der Waals surface area contributed by atoms with Crippen molar-refractivity contribution < 1.29 is 8.85 Å². The van der Waals surface area contributed by atoms with Gasteiger partial charge in [0, 0.05) is 12.2 Å². The zero-order valence-electron chi connectivity index (χ0n) is 22.2. The van der Waals surface area contributed by atoms with Crippen molar-refractivity contribution in [1.82, 2.24) is 0 Å². The highest BCUT2D eigenvalue weighted by molar-refractivity contribution is 6.29. The summed E-state index contributed by atoms with van der Waals surface area (Å²) in [6.07, 6.45) is 26.9. The van der Waals surface area contributed by atoms with Gasteiger partial charge >= 0.3 is 0 Å². The van der Waals surface area contributed by atoms with Gasteiger partial charge in [-0.1, -0.05) is 124 Å². The topological polar surface area (TPSA) is 18.5 Å². The van der Waals surface area contributed by atoms with Crippen molar-refractivity contribution in [3.63, 3.8) is 0 Å². The van der Waals surface area contributed by atoms with Crippen molar-refractivity contribution >= 4 is 19.5 Å². The second-order valence-corrected chi connectivity index (χ2v) is 12.6. The third-order valence-corrected chi connectivity index (χ3v) is 9.51. The van der Waals surface area contributed by atoms with Gasteiger partial charge in [-0.25, -0.2) is 0 Å². The molecule has 2 nitrogen and oxygen atoms in total. The van der Waals surface area contributed by atoms with Crippen molar-refractivity contribution in [1.29, 1.82) is 0 Å². The summed E-state index contributed by atoms with van der Waals surface area (Å²) in [7, 11) is -0.647. The van der Waals surface area contributed by atoms with Gasteiger partial charge in [-0.2, -0.15) is 0 Å². The number of hydrogen-bond acceptors (Lipinski definition) is 2. The van der Waals surface area contributed by atoms with Crippen molar-refractivity contribution in [2.45, 2.75) is 174 Å². The molecule has 0 fully saturated rings. The van der Waals surface area contributed by atoms with E-state index in [9.17, 15) is 0 Å². The molecule has 0 bridgehead atoms. The van der Waals surface area contributed by atoms with E-state index in [1.54, 1.807) is 0 Å². The van der Waals surface area contributed by atoms with Gasteiger partial charge in [-0.15, -0.1) is 0 Å². The Morgan fingerprint density at radius 2 is 0.774 bits per heavy atom. The van der Waals surface area contributed by atoms with E-state index in [0.29, 0.717) is 12.2 Å². The summed E-state index contributed by atoms with van der Waals surface area (Å²) in [4.78, 5) is 0. The predicted octanol–water partition coefficient (Wildman–Crippen LogP) is 8.25. The lowest BCUT2D eigenvalue weighted by Crippen LogP contribution is -2.17. The smallest absolute Gasteiger partial charge is 0.161 e. The monoisotopic (exact) mass is 472 g/mol. The summed E-state index contributed by atoms with van der Waals surface area (Å²) in [6.45, 7) is 9.21. The molecular formula is C27H60O2Si2. The highest BCUT2D eigenvalue weighted by atomic mass is 28.2. The third kappa shape index (κ3) is 23.3. The Kier molecular flexibility index (Phi) is 26.9. The van der Waals surface area contributed by atoms with E-state index in [4.69, 9.17) is 8.85 Å². The third-order valence-electron chi connectivity index (χ3n) is 6.51. The Labute approximate surface area is 202 Å². The minimum absolute atomic E-state index is 0.324.